The van der Waals surface area contributed by atoms with E-state index in [-0.39, 0.29) is 36.6 Å². The topological polar surface area (TPSA) is 114 Å². The Kier molecular flexibility index (Phi) is 9.93. The first-order valence-electron chi connectivity index (χ1n) is 13.1. The van der Waals surface area contributed by atoms with Gasteiger partial charge in [0.05, 0.1) is 19.4 Å². The van der Waals surface area contributed by atoms with Crippen molar-refractivity contribution in [1.29, 1.82) is 0 Å². The number of carbonyl (C=O) groups is 2. The van der Waals surface area contributed by atoms with Crippen molar-refractivity contribution in [2.45, 2.75) is 40.4 Å². The molecule has 2 heterocycles. The molecule has 0 unspecified atom stereocenters. The van der Waals surface area contributed by atoms with Crippen LogP contribution in [0.2, 0.25) is 5.02 Å². The number of benzene rings is 2. The molecule has 0 aliphatic carbocycles. The second-order valence-electron chi connectivity index (χ2n) is 9.55. The Bertz CT molecular complexity index is 1550. The number of aromatic nitrogens is 1. The van der Waals surface area contributed by atoms with E-state index in [1.165, 1.54) is 25.5 Å². The number of ether oxygens (including phenoxy) is 4. The van der Waals surface area contributed by atoms with Gasteiger partial charge in [0.2, 0.25) is 0 Å². The highest BCUT2D eigenvalue weighted by atomic mass is 35.5. The lowest BCUT2D eigenvalue weighted by Gasteiger charge is -2.14. The number of rotatable bonds is 12. The quantitative estimate of drug-likeness (QED) is 0.121. The summed E-state index contributed by atoms with van der Waals surface area (Å²) < 4.78 is 29.7. The molecule has 42 heavy (non-hydrogen) atoms. The number of aryl methyl sites for hydroxylation is 2. The average molecular weight is 594 g/mol. The zero-order valence-electron chi connectivity index (χ0n) is 24.0. The molecule has 0 fully saturated rings. The van der Waals surface area contributed by atoms with Gasteiger partial charge in [-0.15, -0.1) is 0 Å². The number of methoxy groups -OCH3 is 1. The molecular formula is C31H32ClN3O7. The van der Waals surface area contributed by atoms with Crippen molar-refractivity contribution in [1.82, 2.24) is 9.99 Å². The molecule has 0 atom stereocenters. The van der Waals surface area contributed by atoms with Gasteiger partial charge in [-0.2, -0.15) is 5.10 Å². The van der Waals surface area contributed by atoms with E-state index in [9.17, 15) is 9.59 Å². The molecule has 0 aliphatic rings. The summed E-state index contributed by atoms with van der Waals surface area (Å²) in [6.07, 6.45) is 1.04. The van der Waals surface area contributed by atoms with Crippen LogP contribution in [0, 0.1) is 13.8 Å². The van der Waals surface area contributed by atoms with Crippen molar-refractivity contribution in [2.75, 3.05) is 13.7 Å². The number of hydrogen-bond acceptors (Lipinski definition) is 8. The third-order valence-corrected chi connectivity index (χ3v) is 6.19. The standard InChI is InChI=1S/C31H32ClN3O7/c1-19(2)41-29(36)18-40-30-22(14-23(32)15-28(30)38-5)16-33-34-31(37)27-13-12-26(42-27)17-39-25-10-8-24(9-11-25)35-20(3)6-7-21(35)4/h6-16,19H,17-18H2,1-5H3,(H,34,37). The number of furan rings is 1. The fourth-order valence-corrected chi connectivity index (χ4v) is 4.35. The molecule has 2 aromatic heterocycles. The average Bonchev–Trinajstić information content (AvgIpc) is 3.57. The zero-order chi connectivity index (χ0) is 30.2. The van der Waals surface area contributed by atoms with E-state index >= 15 is 0 Å². The molecule has 4 aromatic rings. The molecular weight excluding hydrogens is 562 g/mol. The number of halogens is 1. The number of hydrazone groups is 1. The molecule has 2 aromatic carbocycles. The summed E-state index contributed by atoms with van der Waals surface area (Å²) >= 11 is 6.19. The summed E-state index contributed by atoms with van der Waals surface area (Å²) in [4.78, 5) is 24.6. The SMILES string of the molecule is COc1cc(Cl)cc(C=NNC(=O)c2ccc(COc3ccc(-n4c(C)ccc4C)cc3)o2)c1OCC(=O)OC(C)C. The molecule has 0 radical (unpaired) electrons. The monoisotopic (exact) mass is 593 g/mol. The van der Waals surface area contributed by atoms with Crippen LogP contribution in [0.4, 0.5) is 0 Å². The smallest absolute Gasteiger partial charge is 0.344 e. The first kappa shape index (κ1) is 30.3. The summed E-state index contributed by atoms with van der Waals surface area (Å²) in [5.41, 5.74) is 6.12. The van der Waals surface area contributed by atoms with E-state index in [2.05, 4.69) is 41.1 Å². The molecule has 0 aliphatic heterocycles. The van der Waals surface area contributed by atoms with Gasteiger partial charge >= 0.3 is 11.9 Å². The summed E-state index contributed by atoms with van der Waals surface area (Å²) in [7, 11) is 1.44. The number of esters is 1. The molecule has 4 rings (SSSR count). The van der Waals surface area contributed by atoms with Gasteiger partial charge in [-0.1, -0.05) is 11.6 Å². The number of carbonyl (C=O) groups excluding carboxylic acids is 2. The van der Waals surface area contributed by atoms with Crippen molar-refractivity contribution in [3.05, 3.63) is 94.2 Å². The number of nitrogens with zero attached hydrogens (tertiary/aromatic N) is 2. The first-order chi connectivity index (χ1) is 20.1. The Morgan fingerprint density at radius 2 is 1.74 bits per heavy atom. The minimum atomic E-state index is -0.573. The second-order valence-corrected chi connectivity index (χ2v) is 9.99. The van der Waals surface area contributed by atoms with Crippen LogP contribution >= 0.6 is 11.6 Å². The fourth-order valence-electron chi connectivity index (χ4n) is 4.13. The van der Waals surface area contributed by atoms with Crippen LogP contribution in [0.5, 0.6) is 17.2 Å². The maximum Gasteiger partial charge on any atom is 0.344 e. The lowest BCUT2D eigenvalue weighted by Crippen LogP contribution is -2.19. The normalized spacial score (nSPS) is 11.1. The van der Waals surface area contributed by atoms with Crippen LogP contribution in [-0.4, -0.2) is 42.5 Å². The van der Waals surface area contributed by atoms with Gasteiger partial charge < -0.3 is 27.9 Å². The predicted molar refractivity (Wildman–Crippen MR) is 158 cm³/mol. The minimum Gasteiger partial charge on any atom is -0.493 e. The van der Waals surface area contributed by atoms with E-state index in [1.54, 1.807) is 26.0 Å². The van der Waals surface area contributed by atoms with E-state index in [0.29, 0.717) is 22.1 Å². The van der Waals surface area contributed by atoms with Gasteiger partial charge in [0.1, 0.15) is 18.1 Å². The van der Waals surface area contributed by atoms with Crippen LogP contribution in [0.3, 0.4) is 0 Å². The van der Waals surface area contributed by atoms with Crippen molar-refractivity contribution in [2.24, 2.45) is 5.10 Å². The Labute approximate surface area is 248 Å². The summed E-state index contributed by atoms with van der Waals surface area (Å²) in [5, 5.41) is 4.33. The molecule has 11 heteroatoms. The Morgan fingerprint density at radius 3 is 2.40 bits per heavy atom. The highest BCUT2D eigenvalue weighted by Crippen LogP contribution is 2.34. The third kappa shape index (κ3) is 7.73. The van der Waals surface area contributed by atoms with E-state index < -0.39 is 11.9 Å². The van der Waals surface area contributed by atoms with E-state index in [1.807, 2.05) is 24.3 Å². The molecule has 220 valence electrons. The van der Waals surface area contributed by atoms with Crippen molar-refractivity contribution in [3.8, 4) is 22.9 Å². The zero-order valence-corrected chi connectivity index (χ0v) is 24.7. The lowest BCUT2D eigenvalue weighted by molar-refractivity contribution is -0.149. The maximum absolute atomic E-state index is 12.6. The van der Waals surface area contributed by atoms with Crippen molar-refractivity contribution in [3.63, 3.8) is 0 Å². The van der Waals surface area contributed by atoms with Crippen LogP contribution < -0.4 is 19.6 Å². The van der Waals surface area contributed by atoms with Gasteiger partial charge in [-0.3, -0.25) is 4.79 Å². The summed E-state index contributed by atoms with van der Waals surface area (Å²) in [5.74, 6) is 0.564. The number of amides is 1. The van der Waals surface area contributed by atoms with Crippen LogP contribution in [0.15, 0.2) is 70.2 Å². The first-order valence-corrected chi connectivity index (χ1v) is 13.5. The highest BCUT2D eigenvalue weighted by Gasteiger charge is 2.16. The van der Waals surface area contributed by atoms with Crippen LogP contribution in [-0.2, 0) is 16.1 Å². The Balaban J connectivity index is 1.35. The molecule has 0 saturated carbocycles. The summed E-state index contributed by atoms with van der Waals surface area (Å²) in [6.45, 7) is 7.38. The molecule has 1 amide bonds. The minimum absolute atomic E-state index is 0.0521. The largest absolute Gasteiger partial charge is 0.493 e. The molecule has 0 spiro atoms. The molecule has 10 nitrogen and oxygen atoms in total. The fraction of sp³-hybridized carbons (Fsp3) is 0.258. The van der Waals surface area contributed by atoms with Gasteiger partial charge in [0.15, 0.2) is 23.9 Å². The van der Waals surface area contributed by atoms with Gasteiger partial charge in [0.25, 0.3) is 0 Å². The van der Waals surface area contributed by atoms with Crippen LogP contribution in [0.25, 0.3) is 5.69 Å². The van der Waals surface area contributed by atoms with Gasteiger partial charge in [-0.05, 0) is 82.3 Å². The van der Waals surface area contributed by atoms with Gasteiger partial charge in [0, 0.05) is 33.7 Å². The molecule has 1 N–H and O–H groups in total. The lowest BCUT2D eigenvalue weighted by atomic mass is 10.2. The number of nitrogens with one attached hydrogen (secondary N) is 1. The molecule has 0 saturated heterocycles. The van der Waals surface area contributed by atoms with E-state index in [4.69, 9.17) is 35.0 Å². The third-order valence-electron chi connectivity index (χ3n) is 5.97. The Morgan fingerprint density at radius 1 is 1.02 bits per heavy atom. The van der Waals surface area contributed by atoms with Crippen molar-refractivity contribution >= 4 is 29.7 Å². The summed E-state index contributed by atoms with van der Waals surface area (Å²) in [6, 6.07) is 18.2. The Hall–Kier alpha value is -4.70. The highest BCUT2D eigenvalue weighted by molar-refractivity contribution is 6.31. The van der Waals surface area contributed by atoms with E-state index in [0.717, 1.165) is 17.1 Å². The molecule has 0 bridgehead atoms. The van der Waals surface area contributed by atoms with Gasteiger partial charge in [-0.25, -0.2) is 10.2 Å². The predicted octanol–water partition coefficient (Wildman–Crippen LogP) is 6.02. The second kappa shape index (κ2) is 13.8. The van der Waals surface area contributed by atoms with Crippen molar-refractivity contribution < 1.29 is 33.0 Å². The maximum atomic E-state index is 12.6. The van der Waals surface area contributed by atoms with Crippen LogP contribution in [0.1, 0.15) is 47.1 Å². The number of hydrogen-bond donors (Lipinski definition) is 1.